The lowest BCUT2D eigenvalue weighted by atomic mass is 10.1. The zero-order valence-corrected chi connectivity index (χ0v) is 14.8. The van der Waals surface area contributed by atoms with Crippen molar-refractivity contribution < 1.29 is 18.7 Å². The molecule has 0 radical (unpaired) electrons. The van der Waals surface area contributed by atoms with Crippen molar-refractivity contribution in [2.75, 3.05) is 0 Å². The Balaban J connectivity index is 1.62. The Morgan fingerprint density at radius 1 is 0.815 bits per heavy atom. The smallest absolute Gasteiger partial charge is 0.343 e. The standard InChI is InChI=1S/C22H14ClFO3/c23-18-8-4-16(5-9-18)21(25)14-3-15-1-12-20(13-2-15)27-22(26)17-6-10-19(24)11-7-17/h1-14H/b14-3+. The summed E-state index contributed by atoms with van der Waals surface area (Å²) in [6.07, 6.45) is 3.13. The van der Waals surface area contributed by atoms with Crippen molar-refractivity contribution in [3.05, 3.63) is 106 Å². The minimum atomic E-state index is -0.573. The van der Waals surface area contributed by atoms with Crippen molar-refractivity contribution in [2.45, 2.75) is 0 Å². The third-order valence-electron chi connectivity index (χ3n) is 3.73. The summed E-state index contributed by atoms with van der Waals surface area (Å²) in [5, 5.41) is 0.571. The Labute approximate surface area is 160 Å². The first-order valence-corrected chi connectivity index (χ1v) is 8.45. The number of ether oxygens (including phenoxy) is 1. The summed E-state index contributed by atoms with van der Waals surface area (Å²) in [7, 11) is 0. The Kier molecular flexibility index (Phi) is 5.79. The molecular weight excluding hydrogens is 367 g/mol. The van der Waals surface area contributed by atoms with Gasteiger partial charge in [-0.3, -0.25) is 4.79 Å². The van der Waals surface area contributed by atoms with Gasteiger partial charge in [0.05, 0.1) is 5.56 Å². The Morgan fingerprint density at radius 3 is 2.04 bits per heavy atom. The van der Waals surface area contributed by atoms with Gasteiger partial charge in [0.15, 0.2) is 5.78 Å². The average Bonchev–Trinajstić information content (AvgIpc) is 2.68. The molecule has 0 fully saturated rings. The molecule has 27 heavy (non-hydrogen) atoms. The fourth-order valence-electron chi connectivity index (χ4n) is 2.28. The Bertz CT molecular complexity index is 976. The van der Waals surface area contributed by atoms with Gasteiger partial charge < -0.3 is 4.74 Å². The molecule has 134 valence electrons. The monoisotopic (exact) mass is 380 g/mol. The summed E-state index contributed by atoms with van der Waals surface area (Å²) in [4.78, 5) is 24.1. The molecule has 3 aromatic rings. The molecule has 0 unspecified atom stereocenters. The van der Waals surface area contributed by atoms with Crippen molar-refractivity contribution in [3.8, 4) is 5.75 Å². The van der Waals surface area contributed by atoms with Crippen LogP contribution < -0.4 is 4.74 Å². The van der Waals surface area contributed by atoms with E-state index in [4.69, 9.17) is 16.3 Å². The number of allylic oxidation sites excluding steroid dienone is 1. The van der Waals surface area contributed by atoms with Gasteiger partial charge >= 0.3 is 5.97 Å². The molecule has 3 rings (SSSR count). The van der Waals surface area contributed by atoms with Crippen LogP contribution in [-0.4, -0.2) is 11.8 Å². The van der Waals surface area contributed by atoms with E-state index >= 15 is 0 Å². The maximum atomic E-state index is 12.9. The number of halogens is 2. The first kappa shape index (κ1) is 18.5. The van der Waals surface area contributed by atoms with Crippen LogP contribution >= 0.6 is 11.6 Å². The molecule has 0 aliphatic carbocycles. The van der Waals surface area contributed by atoms with Crippen LogP contribution in [0.5, 0.6) is 5.75 Å². The lowest BCUT2D eigenvalue weighted by Gasteiger charge is -2.04. The topological polar surface area (TPSA) is 43.4 Å². The number of esters is 1. The normalized spacial score (nSPS) is 10.7. The molecule has 0 amide bonds. The first-order chi connectivity index (χ1) is 13.0. The van der Waals surface area contributed by atoms with Crippen LogP contribution in [0.25, 0.3) is 6.08 Å². The number of rotatable bonds is 5. The van der Waals surface area contributed by atoms with Crippen LogP contribution in [0.3, 0.4) is 0 Å². The molecule has 5 heteroatoms. The maximum absolute atomic E-state index is 12.9. The van der Waals surface area contributed by atoms with E-state index in [-0.39, 0.29) is 11.3 Å². The van der Waals surface area contributed by atoms with Crippen LogP contribution in [-0.2, 0) is 0 Å². The predicted octanol–water partition coefficient (Wildman–Crippen LogP) is 5.59. The third kappa shape index (κ3) is 5.12. The fourth-order valence-corrected chi connectivity index (χ4v) is 2.41. The van der Waals surface area contributed by atoms with E-state index in [0.717, 1.165) is 5.56 Å². The first-order valence-electron chi connectivity index (χ1n) is 8.07. The van der Waals surface area contributed by atoms with Crippen molar-refractivity contribution in [3.63, 3.8) is 0 Å². The van der Waals surface area contributed by atoms with Crippen LogP contribution in [0.2, 0.25) is 5.02 Å². The van der Waals surface area contributed by atoms with Crippen LogP contribution in [0.15, 0.2) is 78.9 Å². The zero-order valence-electron chi connectivity index (χ0n) is 14.1. The minimum absolute atomic E-state index is 0.140. The van der Waals surface area contributed by atoms with Gasteiger partial charge in [0, 0.05) is 10.6 Å². The SMILES string of the molecule is O=C(/C=C/c1ccc(OC(=O)c2ccc(F)cc2)cc1)c1ccc(Cl)cc1. The Hall–Kier alpha value is -3.24. The molecule has 0 saturated carbocycles. The summed E-state index contributed by atoms with van der Waals surface area (Å²) >= 11 is 5.80. The highest BCUT2D eigenvalue weighted by Gasteiger charge is 2.08. The molecule has 0 aliphatic rings. The van der Waals surface area contributed by atoms with E-state index in [1.54, 1.807) is 54.6 Å². The van der Waals surface area contributed by atoms with Crippen molar-refractivity contribution in [1.29, 1.82) is 0 Å². The van der Waals surface area contributed by atoms with E-state index in [1.807, 2.05) is 0 Å². The number of ketones is 1. The van der Waals surface area contributed by atoms with Crippen LogP contribution in [0.1, 0.15) is 26.3 Å². The molecule has 0 saturated heterocycles. The highest BCUT2D eigenvalue weighted by atomic mass is 35.5. The second-order valence-electron chi connectivity index (χ2n) is 5.67. The molecule has 0 spiro atoms. The molecule has 0 aliphatic heterocycles. The summed E-state index contributed by atoms with van der Waals surface area (Å²) in [6, 6.07) is 18.4. The highest BCUT2D eigenvalue weighted by Crippen LogP contribution is 2.16. The molecule has 3 aromatic carbocycles. The number of hydrogen-bond acceptors (Lipinski definition) is 3. The zero-order chi connectivity index (χ0) is 19.2. The molecule has 0 atom stereocenters. The molecule has 0 bridgehead atoms. The van der Waals surface area contributed by atoms with Gasteiger partial charge in [-0.25, -0.2) is 9.18 Å². The second-order valence-corrected chi connectivity index (χ2v) is 6.11. The van der Waals surface area contributed by atoms with Gasteiger partial charge in [-0.15, -0.1) is 0 Å². The van der Waals surface area contributed by atoms with Crippen molar-refractivity contribution >= 4 is 29.4 Å². The molecule has 0 N–H and O–H groups in total. The van der Waals surface area contributed by atoms with E-state index < -0.39 is 11.8 Å². The summed E-state index contributed by atoms with van der Waals surface area (Å²) < 4.78 is 18.1. The Morgan fingerprint density at radius 2 is 1.41 bits per heavy atom. The van der Waals surface area contributed by atoms with E-state index in [2.05, 4.69) is 0 Å². The van der Waals surface area contributed by atoms with Crippen LogP contribution in [0.4, 0.5) is 4.39 Å². The number of carbonyl (C=O) groups is 2. The third-order valence-corrected chi connectivity index (χ3v) is 3.98. The molecule has 3 nitrogen and oxygen atoms in total. The van der Waals surface area contributed by atoms with Gasteiger partial charge in [-0.2, -0.15) is 0 Å². The van der Waals surface area contributed by atoms with Crippen molar-refractivity contribution in [2.24, 2.45) is 0 Å². The summed E-state index contributed by atoms with van der Waals surface area (Å²) in [6.45, 7) is 0. The predicted molar refractivity (Wildman–Crippen MR) is 103 cm³/mol. The summed E-state index contributed by atoms with van der Waals surface area (Å²) in [5.74, 6) is -0.781. The van der Waals surface area contributed by atoms with Gasteiger partial charge in [-0.05, 0) is 72.3 Å². The average molecular weight is 381 g/mol. The maximum Gasteiger partial charge on any atom is 0.343 e. The minimum Gasteiger partial charge on any atom is -0.423 e. The number of carbonyl (C=O) groups excluding carboxylic acids is 2. The number of hydrogen-bond donors (Lipinski definition) is 0. The number of benzene rings is 3. The van der Waals surface area contributed by atoms with Gasteiger partial charge in [0.1, 0.15) is 11.6 Å². The summed E-state index contributed by atoms with van der Waals surface area (Å²) in [5.41, 5.74) is 1.58. The van der Waals surface area contributed by atoms with Gasteiger partial charge in [0.2, 0.25) is 0 Å². The fraction of sp³-hybridized carbons (Fsp3) is 0. The lowest BCUT2D eigenvalue weighted by molar-refractivity contribution is 0.0734. The second kappa shape index (κ2) is 8.43. The molecular formula is C22H14ClFO3. The molecule has 0 heterocycles. The van der Waals surface area contributed by atoms with E-state index in [1.165, 1.54) is 30.3 Å². The largest absolute Gasteiger partial charge is 0.423 e. The van der Waals surface area contributed by atoms with Crippen molar-refractivity contribution in [1.82, 2.24) is 0 Å². The van der Waals surface area contributed by atoms with Gasteiger partial charge in [0.25, 0.3) is 0 Å². The lowest BCUT2D eigenvalue weighted by Crippen LogP contribution is -2.08. The van der Waals surface area contributed by atoms with E-state index in [9.17, 15) is 14.0 Å². The van der Waals surface area contributed by atoms with E-state index in [0.29, 0.717) is 16.3 Å². The van der Waals surface area contributed by atoms with Gasteiger partial charge in [-0.1, -0.05) is 29.8 Å². The highest BCUT2D eigenvalue weighted by molar-refractivity contribution is 6.30. The van der Waals surface area contributed by atoms with Crippen LogP contribution in [0, 0.1) is 5.82 Å². The molecule has 0 aromatic heterocycles. The quantitative estimate of drug-likeness (QED) is 0.250.